The standard InChI is InChI=1S/C14H15N5O/c20-14(12-10-16-18-17-12)15-7-3-8-19-9-6-11-4-1-2-5-13(11)19/h1-2,4-6,9-10H,3,7-8H2,(H,15,20)(H,16,17,18). The summed E-state index contributed by atoms with van der Waals surface area (Å²) in [6, 6.07) is 10.4. The number of nitrogens with one attached hydrogen (secondary N) is 2. The fraction of sp³-hybridized carbons (Fsp3) is 0.214. The molecule has 0 aliphatic carbocycles. The molecule has 0 radical (unpaired) electrons. The fourth-order valence-electron chi connectivity index (χ4n) is 2.19. The Bertz CT molecular complexity index is 701. The molecule has 1 aromatic carbocycles. The molecule has 2 heterocycles. The van der Waals surface area contributed by atoms with Crippen LogP contribution in [0.15, 0.2) is 42.7 Å². The number of carbonyl (C=O) groups is 1. The summed E-state index contributed by atoms with van der Waals surface area (Å²) >= 11 is 0. The van der Waals surface area contributed by atoms with Crippen LogP contribution in [-0.2, 0) is 6.54 Å². The molecule has 3 aromatic rings. The van der Waals surface area contributed by atoms with Crippen molar-refractivity contribution in [1.82, 2.24) is 25.3 Å². The van der Waals surface area contributed by atoms with E-state index in [2.05, 4.69) is 49.7 Å². The summed E-state index contributed by atoms with van der Waals surface area (Å²) in [5.74, 6) is -0.198. The van der Waals surface area contributed by atoms with Gasteiger partial charge in [-0.05, 0) is 23.9 Å². The third-order valence-electron chi connectivity index (χ3n) is 3.19. The average molecular weight is 269 g/mol. The van der Waals surface area contributed by atoms with Gasteiger partial charge in [0.25, 0.3) is 5.91 Å². The average Bonchev–Trinajstić information content (AvgIpc) is 3.13. The summed E-state index contributed by atoms with van der Waals surface area (Å²) in [7, 11) is 0. The summed E-state index contributed by atoms with van der Waals surface area (Å²) in [6.45, 7) is 1.48. The number of H-pyrrole nitrogens is 1. The molecule has 2 N–H and O–H groups in total. The monoisotopic (exact) mass is 269 g/mol. The van der Waals surface area contributed by atoms with Gasteiger partial charge in [0.05, 0.1) is 6.20 Å². The Balaban J connectivity index is 1.52. The second-order valence-electron chi connectivity index (χ2n) is 4.53. The van der Waals surface area contributed by atoms with Gasteiger partial charge in [-0.3, -0.25) is 4.79 Å². The number of rotatable bonds is 5. The first-order chi connectivity index (χ1) is 9.84. The Morgan fingerprint density at radius 1 is 1.30 bits per heavy atom. The van der Waals surface area contributed by atoms with Crippen molar-refractivity contribution in [3.05, 3.63) is 48.4 Å². The lowest BCUT2D eigenvalue weighted by Crippen LogP contribution is -2.25. The van der Waals surface area contributed by atoms with Gasteiger partial charge in [-0.2, -0.15) is 15.4 Å². The summed E-state index contributed by atoms with van der Waals surface area (Å²) in [5.41, 5.74) is 1.53. The normalized spacial score (nSPS) is 10.8. The number of aromatic nitrogens is 4. The van der Waals surface area contributed by atoms with E-state index in [1.807, 2.05) is 12.1 Å². The second kappa shape index (κ2) is 5.56. The summed E-state index contributed by atoms with van der Waals surface area (Å²) < 4.78 is 2.19. The first kappa shape index (κ1) is 12.4. The van der Waals surface area contributed by atoms with Crippen molar-refractivity contribution in [3.63, 3.8) is 0 Å². The largest absolute Gasteiger partial charge is 0.351 e. The zero-order valence-corrected chi connectivity index (χ0v) is 10.9. The van der Waals surface area contributed by atoms with Crippen molar-refractivity contribution in [2.45, 2.75) is 13.0 Å². The SMILES string of the molecule is O=C(NCCCn1ccc2ccccc21)c1cn[nH]n1. The number of benzene rings is 1. The third kappa shape index (κ3) is 2.54. The minimum Gasteiger partial charge on any atom is -0.351 e. The number of aryl methyl sites for hydroxylation is 1. The summed E-state index contributed by atoms with van der Waals surface area (Å²) in [4.78, 5) is 11.6. The highest BCUT2D eigenvalue weighted by atomic mass is 16.1. The highest BCUT2D eigenvalue weighted by Crippen LogP contribution is 2.15. The maximum Gasteiger partial charge on any atom is 0.273 e. The quantitative estimate of drug-likeness (QED) is 0.690. The van der Waals surface area contributed by atoms with Crippen molar-refractivity contribution in [2.75, 3.05) is 6.54 Å². The Morgan fingerprint density at radius 2 is 2.20 bits per heavy atom. The molecule has 6 nitrogen and oxygen atoms in total. The minimum absolute atomic E-state index is 0.198. The molecule has 102 valence electrons. The van der Waals surface area contributed by atoms with E-state index in [1.54, 1.807) is 0 Å². The molecular formula is C14H15N5O. The van der Waals surface area contributed by atoms with Gasteiger partial charge in [-0.1, -0.05) is 18.2 Å². The molecule has 0 aliphatic heterocycles. The molecule has 0 fully saturated rings. The van der Waals surface area contributed by atoms with Gasteiger partial charge in [0.15, 0.2) is 5.69 Å². The molecule has 0 bridgehead atoms. The van der Waals surface area contributed by atoms with E-state index in [0.717, 1.165) is 13.0 Å². The third-order valence-corrected chi connectivity index (χ3v) is 3.19. The van der Waals surface area contributed by atoms with Crippen molar-refractivity contribution in [2.24, 2.45) is 0 Å². The highest BCUT2D eigenvalue weighted by molar-refractivity contribution is 5.91. The summed E-state index contributed by atoms with van der Waals surface area (Å²) in [6.07, 6.45) is 4.35. The maximum absolute atomic E-state index is 11.6. The van der Waals surface area contributed by atoms with Crippen LogP contribution in [0, 0.1) is 0 Å². The van der Waals surface area contributed by atoms with E-state index < -0.39 is 0 Å². The number of nitrogens with zero attached hydrogens (tertiary/aromatic N) is 3. The van der Waals surface area contributed by atoms with Crippen molar-refractivity contribution >= 4 is 16.8 Å². The molecular weight excluding hydrogens is 254 g/mol. The van der Waals surface area contributed by atoms with Gasteiger partial charge in [0.2, 0.25) is 0 Å². The van der Waals surface area contributed by atoms with Crippen LogP contribution in [0.5, 0.6) is 0 Å². The van der Waals surface area contributed by atoms with E-state index in [0.29, 0.717) is 12.2 Å². The second-order valence-corrected chi connectivity index (χ2v) is 4.53. The van der Waals surface area contributed by atoms with Crippen molar-refractivity contribution in [1.29, 1.82) is 0 Å². The number of aromatic amines is 1. The lowest BCUT2D eigenvalue weighted by molar-refractivity contribution is 0.0947. The van der Waals surface area contributed by atoms with Crippen LogP contribution in [-0.4, -0.2) is 32.4 Å². The maximum atomic E-state index is 11.6. The predicted molar refractivity (Wildman–Crippen MR) is 75.3 cm³/mol. The molecule has 3 rings (SSSR count). The molecule has 0 aliphatic rings. The Labute approximate surface area is 115 Å². The van der Waals surface area contributed by atoms with Gasteiger partial charge >= 0.3 is 0 Å². The van der Waals surface area contributed by atoms with Crippen molar-refractivity contribution in [3.8, 4) is 0 Å². The topological polar surface area (TPSA) is 75.6 Å². The number of fused-ring (bicyclic) bond motifs is 1. The zero-order chi connectivity index (χ0) is 13.8. The van der Waals surface area contributed by atoms with E-state index >= 15 is 0 Å². The summed E-state index contributed by atoms with van der Waals surface area (Å²) in [5, 5.41) is 13.8. The Morgan fingerprint density at radius 3 is 3.05 bits per heavy atom. The number of hydrogen-bond donors (Lipinski definition) is 2. The zero-order valence-electron chi connectivity index (χ0n) is 10.9. The number of hydrogen-bond acceptors (Lipinski definition) is 3. The Hall–Kier alpha value is -2.63. The van der Waals surface area contributed by atoms with Crippen LogP contribution in [0.25, 0.3) is 10.9 Å². The first-order valence-corrected chi connectivity index (χ1v) is 6.52. The highest BCUT2D eigenvalue weighted by Gasteiger charge is 2.07. The molecule has 0 saturated heterocycles. The molecule has 0 unspecified atom stereocenters. The molecule has 0 saturated carbocycles. The van der Waals surface area contributed by atoms with Gasteiger partial charge in [-0.15, -0.1) is 0 Å². The predicted octanol–water partition coefficient (Wildman–Crippen LogP) is 1.58. The molecule has 1 amide bonds. The van der Waals surface area contributed by atoms with E-state index in [1.165, 1.54) is 17.1 Å². The van der Waals surface area contributed by atoms with E-state index in [9.17, 15) is 4.79 Å². The molecule has 20 heavy (non-hydrogen) atoms. The van der Waals surface area contributed by atoms with Crippen LogP contribution in [0.2, 0.25) is 0 Å². The van der Waals surface area contributed by atoms with Gasteiger partial charge in [0, 0.05) is 24.8 Å². The van der Waals surface area contributed by atoms with Crippen LogP contribution < -0.4 is 5.32 Å². The van der Waals surface area contributed by atoms with Gasteiger partial charge in [-0.25, -0.2) is 0 Å². The molecule has 0 spiro atoms. The van der Waals surface area contributed by atoms with Crippen molar-refractivity contribution < 1.29 is 4.79 Å². The van der Waals surface area contributed by atoms with Crippen LogP contribution in [0.4, 0.5) is 0 Å². The first-order valence-electron chi connectivity index (χ1n) is 6.52. The smallest absolute Gasteiger partial charge is 0.273 e. The number of carbonyl (C=O) groups excluding carboxylic acids is 1. The van der Waals surface area contributed by atoms with Gasteiger partial charge < -0.3 is 9.88 Å². The minimum atomic E-state index is -0.198. The number of para-hydroxylation sites is 1. The van der Waals surface area contributed by atoms with Crippen LogP contribution in [0.1, 0.15) is 16.9 Å². The van der Waals surface area contributed by atoms with Crippen LogP contribution in [0.3, 0.4) is 0 Å². The lowest BCUT2D eigenvalue weighted by Gasteiger charge is -2.06. The lowest BCUT2D eigenvalue weighted by atomic mass is 10.2. The van der Waals surface area contributed by atoms with Crippen LogP contribution >= 0.6 is 0 Å². The number of amides is 1. The molecule has 6 heteroatoms. The van der Waals surface area contributed by atoms with E-state index in [-0.39, 0.29) is 5.91 Å². The Kier molecular flexibility index (Phi) is 3.45. The van der Waals surface area contributed by atoms with Gasteiger partial charge in [0.1, 0.15) is 0 Å². The van der Waals surface area contributed by atoms with E-state index in [4.69, 9.17) is 0 Å². The fourth-order valence-corrected chi connectivity index (χ4v) is 2.19. The molecule has 2 aromatic heterocycles. The molecule has 0 atom stereocenters.